The van der Waals surface area contributed by atoms with Gasteiger partial charge >= 0.3 is 5.51 Å². The first-order valence-corrected chi connectivity index (χ1v) is 5.93. The Labute approximate surface area is 88.7 Å². The van der Waals surface area contributed by atoms with Crippen LogP contribution in [-0.2, 0) is 6.54 Å². The van der Waals surface area contributed by atoms with Crippen LogP contribution in [0.4, 0.5) is 13.2 Å². The van der Waals surface area contributed by atoms with Gasteiger partial charge in [0.2, 0.25) is 0 Å². The molecule has 1 heterocycles. The second kappa shape index (κ2) is 5.63. The summed E-state index contributed by atoms with van der Waals surface area (Å²) in [5.41, 5.74) is -2.99. The molecule has 0 bridgehead atoms. The summed E-state index contributed by atoms with van der Waals surface area (Å²) in [7, 11) is 0. The molecule has 6 heteroatoms. The van der Waals surface area contributed by atoms with E-state index in [9.17, 15) is 13.2 Å². The van der Waals surface area contributed by atoms with E-state index in [0.29, 0.717) is 13.1 Å². The highest BCUT2D eigenvalue weighted by Crippen LogP contribution is 2.29. The van der Waals surface area contributed by atoms with Gasteiger partial charge in [0.15, 0.2) is 0 Å². The van der Waals surface area contributed by atoms with Gasteiger partial charge in [-0.25, -0.2) is 0 Å². The summed E-state index contributed by atoms with van der Waals surface area (Å²) < 4.78 is 35.1. The Bertz CT molecular complexity index is 246. The Morgan fingerprint density at radius 1 is 1.43 bits per heavy atom. The number of thiophene rings is 1. The van der Waals surface area contributed by atoms with Crippen molar-refractivity contribution < 1.29 is 13.2 Å². The Balaban J connectivity index is 2.00. The fraction of sp³-hybridized carbons (Fsp3) is 0.500. The van der Waals surface area contributed by atoms with E-state index in [1.807, 2.05) is 16.8 Å². The van der Waals surface area contributed by atoms with Crippen LogP contribution >= 0.6 is 23.1 Å². The Kier molecular flexibility index (Phi) is 4.77. The van der Waals surface area contributed by atoms with Crippen LogP contribution < -0.4 is 5.32 Å². The zero-order valence-electron chi connectivity index (χ0n) is 7.30. The van der Waals surface area contributed by atoms with Gasteiger partial charge in [-0.2, -0.15) is 24.5 Å². The van der Waals surface area contributed by atoms with E-state index in [1.54, 1.807) is 11.3 Å². The Morgan fingerprint density at radius 2 is 2.21 bits per heavy atom. The highest BCUT2D eigenvalue weighted by molar-refractivity contribution is 8.00. The first kappa shape index (κ1) is 11.9. The lowest BCUT2D eigenvalue weighted by atomic mass is 10.3. The fourth-order valence-corrected chi connectivity index (χ4v) is 2.01. The summed E-state index contributed by atoms with van der Waals surface area (Å²) in [6.45, 7) is 1.02. The second-order valence-corrected chi connectivity index (χ2v) is 4.54. The molecule has 0 aromatic carbocycles. The standard InChI is InChI=1S/C8H10F3NS2/c9-8(10,11)14-4-2-12-5-7-1-3-13-6-7/h1,3,6,12H,2,4-5H2. The molecule has 0 aliphatic rings. The van der Waals surface area contributed by atoms with Crippen LogP contribution in [0, 0.1) is 0 Å². The van der Waals surface area contributed by atoms with E-state index in [-0.39, 0.29) is 17.5 Å². The molecule has 0 atom stereocenters. The van der Waals surface area contributed by atoms with Gasteiger partial charge in [0.1, 0.15) is 0 Å². The molecule has 14 heavy (non-hydrogen) atoms. The third-order valence-corrected chi connectivity index (χ3v) is 2.92. The number of hydrogen-bond acceptors (Lipinski definition) is 3. The fourth-order valence-electron chi connectivity index (χ4n) is 0.865. The van der Waals surface area contributed by atoms with Gasteiger partial charge in [-0.05, 0) is 34.2 Å². The van der Waals surface area contributed by atoms with Gasteiger partial charge in [0, 0.05) is 18.8 Å². The zero-order chi connectivity index (χ0) is 10.4. The van der Waals surface area contributed by atoms with E-state index in [2.05, 4.69) is 5.32 Å². The molecule has 0 aliphatic carbocycles. The van der Waals surface area contributed by atoms with Gasteiger partial charge in [-0.1, -0.05) is 0 Å². The lowest BCUT2D eigenvalue weighted by molar-refractivity contribution is -0.0327. The van der Waals surface area contributed by atoms with Crippen molar-refractivity contribution in [2.45, 2.75) is 12.1 Å². The summed E-state index contributed by atoms with van der Waals surface area (Å²) in [6.07, 6.45) is 0. The summed E-state index contributed by atoms with van der Waals surface area (Å²) in [4.78, 5) is 0. The van der Waals surface area contributed by atoms with Crippen LogP contribution in [0.1, 0.15) is 5.56 Å². The molecule has 1 rings (SSSR count). The van der Waals surface area contributed by atoms with Crippen LogP contribution in [0.15, 0.2) is 16.8 Å². The molecule has 80 valence electrons. The highest BCUT2D eigenvalue weighted by atomic mass is 32.2. The van der Waals surface area contributed by atoms with Gasteiger partial charge in [-0.15, -0.1) is 0 Å². The molecule has 0 saturated carbocycles. The SMILES string of the molecule is FC(F)(F)SCCNCc1ccsc1. The number of alkyl halides is 3. The van der Waals surface area contributed by atoms with Crippen LogP contribution in [0.25, 0.3) is 0 Å². The smallest absolute Gasteiger partial charge is 0.312 e. The summed E-state index contributed by atoms with van der Waals surface area (Å²) in [5.74, 6) is 0.0631. The van der Waals surface area contributed by atoms with E-state index in [4.69, 9.17) is 0 Å². The van der Waals surface area contributed by atoms with Gasteiger partial charge in [-0.3, -0.25) is 0 Å². The topological polar surface area (TPSA) is 12.0 Å². The lowest BCUT2D eigenvalue weighted by Crippen LogP contribution is -2.17. The summed E-state index contributed by atoms with van der Waals surface area (Å²) in [5, 5.41) is 6.87. The molecule has 0 saturated heterocycles. The van der Waals surface area contributed by atoms with Crippen molar-refractivity contribution in [1.29, 1.82) is 0 Å². The Morgan fingerprint density at radius 3 is 2.79 bits per heavy atom. The normalized spacial score (nSPS) is 11.9. The first-order valence-electron chi connectivity index (χ1n) is 4.00. The maximum Gasteiger partial charge on any atom is 0.441 e. The van der Waals surface area contributed by atoms with Crippen LogP contribution in [0.3, 0.4) is 0 Å². The van der Waals surface area contributed by atoms with E-state index in [0.717, 1.165) is 5.56 Å². The minimum absolute atomic E-state index is 0.0109. The number of thioether (sulfide) groups is 1. The highest BCUT2D eigenvalue weighted by Gasteiger charge is 2.27. The maximum atomic E-state index is 11.7. The third-order valence-electron chi connectivity index (χ3n) is 1.45. The minimum Gasteiger partial charge on any atom is -0.312 e. The largest absolute Gasteiger partial charge is 0.441 e. The van der Waals surface area contributed by atoms with Crippen molar-refractivity contribution in [1.82, 2.24) is 5.32 Å². The van der Waals surface area contributed by atoms with Crippen molar-refractivity contribution in [2.24, 2.45) is 0 Å². The maximum absolute atomic E-state index is 11.7. The number of halogens is 3. The average Bonchev–Trinajstić information content (AvgIpc) is 2.54. The number of nitrogens with one attached hydrogen (secondary N) is 1. The molecule has 1 N–H and O–H groups in total. The number of hydrogen-bond donors (Lipinski definition) is 1. The van der Waals surface area contributed by atoms with Crippen LogP contribution in [-0.4, -0.2) is 17.8 Å². The van der Waals surface area contributed by atoms with Crippen molar-refractivity contribution in [3.05, 3.63) is 22.4 Å². The van der Waals surface area contributed by atoms with Crippen molar-refractivity contribution in [3.8, 4) is 0 Å². The zero-order valence-corrected chi connectivity index (χ0v) is 8.94. The van der Waals surface area contributed by atoms with E-state index in [1.165, 1.54) is 0 Å². The predicted molar refractivity (Wildman–Crippen MR) is 54.5 cm³/mol. The number of rotatable bonds is 5. The van der Waals surface area contributed by atoms with Gasteiger partial charge < -0.3 is 5.32 Å². The molecule has 0 aliphatic heterocycles. The first-order chi connectivity index (χ1) is 6.58. The molecule has 0 radical (unpaired) electrons. The van der Waals surface area contributed by atoms with Crippen molar-refractivity contribution in [3.63, 3.8) is 0 Å². The molecule has 0 unspecified atom stereocenters. The quantitative estimate of drug-likeness (QED) is 0.795. The minimum atomic E-state index is -4.11. The van der Waals surface area contributed by atoms with Crippen molar-refractivity contribution >= 4 is 23.1 Å². The molecule has 1 nitrogen and oxygen atoms in total. The second-order valence-electron chi connectivity index (χ2n) is 2.60. The molecule has 1 aromatic rings. The molecular weight excluding hydrogens is 231 g/mol. The molecule has 1 aromatic heterocycles. The molecular formula is C8H10F3NS2. The van der Waals surface area contributed by atoms with Crippen LogP contribution in [0.2, 0.25) is 0 Å². The van der Waals surface area contributed by atoms with E-state index >= 15 is 0 Å². The van der Waals surface area contributed by atoms with Gasteiger partial charge in [0.25, 0.3) is 0 Å². The van der Waals surface area contributed by atoms with E-state index < -0.39 is 5.51 Å². The molecule has 0 fully saturated rings. The average molecular weight is 241 g/mol. The predicted octanol–water partition coefficient (Wildman–Crippen LogP) is 3.09. The van der Waals surface area contributed by atoms with Crippen molar-refractivity contribution in [2.75, 3.05) is 12.3 Å². The lowest BCUT2D eigenvalue weighted by Gasteiger charge is -2.05. The molecule has 0 amide bonds. The van der Waals surface area contributed by atoms with Gasteiger partial charge in [0.05, 0.1) is 0 Å². The molecule has 0 spiro atoms. The summed E-state index contributed by atoms with van der Waals surface area (Å²) >= 11 is 1.59. The Hall–Kier alpha value is -0.200. The van der Waals surface area contributed by atoms with Crippen LogP contribution in [0.5, 0.6) is 0 Å². The third kappa shape index (κ3) is 5.51. The summed E-state index contributed by atoms with van der Waals surface area (Å²) in [6, 6.07) is 1.95. The monoisotopic (exact) mass is 241 g/mol.